The summed E-state index contributed by atoms with van der Waals surface area (Å²) in [6.07, 6.45) is -0.848. The van der Waals surface area contributed by atoms with Crippen LogP contribution in [0.4, 0.5) is 10.1 Å². The number of benzene rings is 2. The topological polar surface area (TPSA) is 72.4 Å². The molecular weight excluding hydrogens is 373 g/mol. The highest BCUT2D eigenvalue weighted by molar-refractivity contribution is 6.00. The van der Waals surface area contributed by atoms with E-state index in [1.165, 1.54) is 12.1 Å². The van der Waals surface area contributed by atoms with Gasteiger partial charge in [-0.3, -0.25) is 19.7 Å². The number of para-hydroxylation sites is 1. The van der Waals surface area contributed by atoms with Gasteiger partial charge in [0.05, 0.1) is 5.69 Å². The van der Waals surface area contributed by atoms with Crippen LogP contribution in [0.1, 0.15) is 28.7 Å². The van der Waals surface area contributed by atoms with E-state index in [9.17, 15) is 14.0 Å². The summed E-state index contributed by atoms with van der Waals surface area (Å²) in [6, 6.07) is 16.2. The van der Waals surface area contributed by atoms with Crippen LogP contribution in [0.25, 0.3) is 0 Å². The number of nitrogens with zero attached hydrogens (tertiary/aromatic N) is 1. The molecule has 0 saturated carbocycles. The second kappa shape index (κ2) is 8.60. The fourth-order valence-corrected chi connectivity index (χ4v) is 2.75. The highest BCUT2D eigenvalue weighted by atomic mass is 19.1. The molecule has 29 heavy (non-hydrogen) atoms. The summed E-state index contributed by atoms with van der Waals surface area (Å²) in [7, 11) is 0. The molecule has 3 rings (SSSR count). The lowest BCUT2D eigenvalue weighted by atomic mass is 10.2. The van der Waals surface area contributed by atoms with Gasteiger partial charge < -0.3 is 10.1 Å². The predicted octanol–water partition coefficient (Wildman–Crippen LogP) is 4.03. The molecule has 2 amide bonds. The average Bonchev–Trinajstić information content (AvgIpc) is 3.02. The van der Waals surface area contributed by atoms with E-state index in [2.05, 4.69) is 10.7 Å². The van der Waals surface area contributed by atoms with Crippen molar-refractivity contribution in [3.05, 3.63) is 83.4 Å². The van der Waals surface area contributed by atoms with Crippen molar-refractivity contribution in [1.82, 2.24) is 4.68 Å². The maximum absolute atomic E-state index is 13.7. The number of amides is 2. The van der Waals surface area contributed by atoms with Gasteiger partial charge in [0.25, 0.3) is 11.8 Å². The average molecular weight is 395 g/mol. The van der Waals surface area contributed by atoms with Crippen molar-refractivity contribution in [2.24, 2.45) is 0 Å². The minimum atomic E-state index is -0.848. The quantitative estimate of drug-likeness (QED) is 0.662. The molecule has 0 aliphatic carbocycles. The van der Waals surface area contributed by atoms with Crippen LogP contribution in [-0.2, 0) is 4.79 Å². The van der Waals surface area contributed by atoms with Gasteiger partial charge in [-0.15, -0.1) is 0 Å². The molecular formula is C22H22FN3O3. The van der Waals surface area contributed by atoms with E-state index >= 15 is 0 Å². The first-order valence-corrected chi connectivity index (χ1v) is 9.13. The lowest BCUT2D eigenvalue weighted by Crippen LogP contribution is -2.30. The molecule has 0 spiro atoms. The Morgan fingerprint density at radius 2 is 1.59 bits per heavy atom. The molecule has 1 atom stereocenters. The molecule has 2 aromatic carbocycles. The zero-order valence-electron chi connectivity index (χ0n) is 16.4. The van der Waals surface area contributed by atoms with Crippen LogP contribution < -0.4 is 15.5 Å². The third kappa shape index (κ3) is 4.82. The van der Waals surface area contributed by atoms with Gasteiger partial charge >= 0.3 is 0 Å². The van der Waals surface area contributed by atoms with Gasteiger partial charge in [0.1, 0.15) is 11.6 Å². The first-order chi connectivity index (χ1) is 13.8. The number of halogens is 1. The van der Waals surface area contributed by atoms with E-state index in [1.54, 1.807) is 48.0 Å². The van der Waals surface area contributed by atoms with Crippen molar-refractivity contribution in [1.29, 1.82) is 0 Å². The molecule has 0 saturated heterocycles. The Kier molecular flexibility index (Phi) is 5.97. The van der Waals surface area contributed by atoms with E-state index < -0.39 is 17.8 Å². The van der Waals surface area contributed by atoms with Gasteiger partial charge in [0.2, 0.25) is 0 Å². The van der Waals surface area contributed by atoms with Crippen LogP contribution in [0.3, 0.4) is 0 Å². The molecule has 150 valence electrons. The lowest BCUT2D eigenvalue weighted by Gasteiger charge is -2.15. The molecule has 1 aromatic heterocycles. The highest BCUT2D eigenvalue weighted by Crippen LogP contribution is 2.17. The SMILES string of the molecule is Cc1ccc(C)n1NC(=O)c1ccc(O[C@H](C)C(=O)Nc2ccccc2F)cc1. The number of rotatable bonds is 6. The minimum absolute atomic E-state index is 0.0931. The molecule has 0 aliphatic heterocycles. The summed E-state index contributed by atoms with van der Waals surface area (Å²) in [5.74, 6) is -0.831. The molecule has 0 fully saturated rings. The van der Waals surface area contributed by atoms with Gasteiger partial charge in [0.15, 0.2) is 6.10 Å². The van der Waals surface area contributed by atoms with Gasteiger partial charge in [-0.05, 0) is 69.3 Å². The Morgan fingerprint density at radius 3 is 2.21 bits per heavy atom. The number of aryl methyl sites for hydroxylation is 2. The van der Waals surface area contributed by atoms with E-state index in [4.69, 9.17) is 4.74 Å². The summed E-state index contributed by atoms with van der Waals surface area (Å²) in [5, 5.41) is 2.49. The highest BCUT2D eigenvalue weighted by Gasteiger charge is 2.17. The lowest BCUT2D eigenvalue weighted by molar-refractivity contribution is -0.122. The monoisotopic (exact) mass is 395 g/mol. The second-order valence-corrected chi connectivity index (χ2v) is 6.65. The number of carbonyl (C=O) groups excluding carboxylic acids is 2. The number of aromatic nitrogens is 1. The van der Waals surface area contributed by atoms with Crippen LogP contribution in [-0.4, -0.2) is 22.6 Å². The number of carbonyl (C=O) groups is 2. The maximum atomic E-state index is 13.7. The van der Waals surface area contributed by atoms with Crippen LogP contribution in [0.5, 0.6) is 5.75 Å². The Morgan fingerprint density at radius 1 is 0.966 bits per heavy atom. The Labute approximate surface area is 168 Å². The molecule has 0 radical (unpaired) electrons. The third-order valence-corrected chi connectivity index (χ3v) is 4.41. The Balaban J connectivity index is 1.60. The molecule has 1 heterocycles. The van der Waals surface area contributed by atoms with Crippen molar-refractivity contribution in [2.45, 2.75) is 26.9 Å². The number of nitrogens with one attached hydrogen (secondary N) is 2. The summed E-state index contributed by atoms with van der Waals surface area (Å²) < 4.78 is 21.0. The third-order valence-electron chi connectivity index (χ3n) is 4.41. The fraction of sp³-hybridized carbons (Fsp3) is 0.182. The van der Waals surface area contributed by atoms with E-state index in [0.29, 0.717) is 11.3 Å². The largest absolute Gasteiger partial charge is 0.481 e. The van der Waals surface area contributed by atoms with Crippen LogP contribution in [0, 0.1) is 19.7 Å². The normalized spacial score (nSPS) is 11.6. The van der Waals surface area contributed by atoms with Crippen LogP contribution in [0.15, 0.2) is 60.7 Å². The van der Waals surface area contributed by atoms with Crippen molar-refractivity contribution in [3.8, 4) is 5.75 Å². The minimum Gasteiger partial charge on any atom is -0.481 e. The molecule has 6 nitrogen and oxygen atoms in total. The van der Waals surface area contributed by atoms with Crippen molar-refractivity contribution < 1.29 is 18.7 Å². The first kappa shape index (κ1) is 20.1. The zero-order valence-corrected chi connectivity index (χ0v) is 16.4. The van der Waals surface area contributed by atoms with Gasteiger partial charge in [-0.1, -0.05) is 12.1 Å². The van der Waals surface area contributed by atoms with Crippen molar-refractivity contribution in [2.75, 3.05) is 10.7 Å². The second-order valence-electron chi connectivity index (χ2n) is 6.65. The van der Waals surface area contributed by atoms with Gasteiger partial charge in [0, 0.05) is 17.0 Å². The Hall–Kier alpha value is -3.61. The van der Waals surface area contributed by atoms with Gasteiger partial charge in [-0.25, -0.2) is 4.39 Å². The van der Waals surface area contributed by atoms with Crippen LogP contribution in [0.2, 0.25) is 0 Å². The zero-order chi connectivity index (χ0) is 21.0. The summed E-state index contributed by atoms with van der Waals surface area (Å²) in [5.41, 5.74) is 5.21. The summed E-state index contributed by atoms with van der Waals surface area (Å²) >= 11 is 0. The molecule has 2 N–H and O–H groups in total. The van der Waals surface area contributed by atoms with E-state index in [0.717, 1.165) is 11.4 Å². The molecule has 7 heteroatoms. The predicted molar refractivity (Wildman–Crippen MR) is 109 cm³/mol. The Bertz CT molecular complexity index is 1010. The van der Waals surface area contributed by atoms with Crippen molar-refractivity contribution >= 4 is 17.5 Å². The molecule has 0 aliphatic rings. The van der Waals surface area contributed by atoms with Crippen LogP contribution >= 0.6 is 0 Å². The fourth-order valence-electron chi connectivity index (χ4n) is 2.75. The van der Waals surface area contributed by atoms with E-state index in [1.807, 2.05) is 26.0 Å². The number of anilines is 1. The number of hydrogen-bond acceptors (Lipinski definition) is 3. The van der Waals surface area contributed by atoms with Gasteiger partial charge in [-0.2, -0.15) is 0 Å². The van der Waals surface area contributed by atoms with E-state index in [-0.39, 0.29) is 11.6 Å². The van der Waals surface area contributed by atoms with Crippen molar-refractivity contribution in [3.63, 3.8) is 0 Å². The summed E-state index contributed by atoms with van der Waals surface area (Å²) in [4.78, 5) is 24.6. The first-order valence-electron chi connectivity index (χ1n) is 9.13. The maximum Gasteiger partial charge on any atom is 0.270 e. The molecule has 0 unspecified atom stereocenters. The molecule has 3 aromatic rings. The molecule has 0 bridgehead atoms. The number of hydrogen-bond donors (Lipinski definition) is 2. The number of ether oxygens (including phenoxy) is 1. The standard InChI is InChI=1S/C22H22FN3O3/c1-14-8-9-15(2)26(14)25-22(28)17-10-12-18(13-11-17)29-16(3)21(27)24-20-7-5-4-6-19(20)23/h4-13,16H,1-3H3,(H,24,27)(H,25,28)/t16-/m1/s1. The summed E-state index contributed by atoms with van der Waals surface area (Å²) in [6.45, 7) is 5.37. The smallest absolute Gasteiger partial charge is 0.270 e.